The first-order valence-corrected chi connectivity index (χ1v) is 7.69. The quantitative estimate of drug-likeness (QED) is 0.830. The van der Waals surface area contributed by atoms with Gasteiger partial charge in [0.1, 0.15) is 0 Å². The lowest BCUT2D eigenvalue weighted by molar-refractivity contribution is -0.131. The molecule has 2 atom stereocenters. The van der Waals surface area contributed by atoms with Gasteiger partial charge in [0.2, 0.25) is 5.91 Å². The fraction of sp³-hybridized carbons (Fsp3) is 0.625. The Morgan fingerprint density at radius 1 is 1.15 bits per heavy atom. The standard InChI is InChI=1S/C16H21N3O/c20-16-15-11-18(7-12-1-2-12)9-14(15)10-19(16)8-13-3-5-17-6-4-13/h3-6,12,14-15H,1-2,7-11H2/t14-,15-/m0/s1. The summed E-state index contributed by atoms with van der Waals surface area (Å²) in [6.07, 6.45) is 6.39. The van der Waals surface area contributed by atoms with Crippen molar-refractivity contribution in [1.29, 1.82) is 0 Å². The third-order valence-electron chi connectivity index (χ3n) is 4.94. The Morgan fingerprint density at radius 2 is 1.95 bits per heavy atom. The van der Waals surface area contributed by atoms with Gasteiger partial charge in [0.05, 0.1) is 5.92 Å². The topological polar surface area (TPSA) is 36.4 Å². The van der Waals surface area contributed by atoms with Crippen LogP contribution in [-0.2, 0) is 11.3 Å². The van der Waals surface area contributed by atoms with Crippen LogP contribution in [0.4, 0.5) is 0 Å². The molecule has 1 aliphatic carbocycles. The van der Waals surface area contributed by atoms with Gasteiger partial charge in [0.25, 0.3) is 0 Å². The number of amides is 1. The van der Waals surface area contributed by atoms with Crippen LogP contribution in [0, 0.1) is 17.8 Å². The van der Waals surface area contributed by atoms with Crippen LogP contribution in [0.25, 0.3) is 0 Å². The SMILES string of the molecule is O=C1[C@H]2CN(CC3CC3)C[C@H]2CN1Cc1ccncc1. The van der Waals surface area contributed by atoms with Crippen LogP contribution in [0.3, 0.4) is 0 Å². The number of hydrogen-bond donors (Lipinski definition) is 0. The Morgan fingerprint density at radius 3 is 2.65 bits per heavy atom. The molecule has 4 nitrogen and oxygen atoms in total. The first-order chi connectivity index (χ1) is 9.79. The van der Waals surface area contributed by atoms with Gasteiger partial charge >= 0.3 is 0 Å². The van der Waals surface area contributed by atoms with Crippen molar-refractivity contribution in [3.8, 4) is 0 Å². The zero-order chi connectivity index (χ0) is 13.5. The minimum Gasteiger partial charge on any atom is -0.338 e. The summed E-state index contributed by atoms with van der Waals surface area (Å²) < 4.78 is 0. The molecule has 0 unspecified atom stereocenters. The molecule has 3 heterocycles. The Hall–Kier alpha value is -1.42. The zero-order valence-corrected chi connectivity index (χ0v) is 11.7. The van der Waals surface area contributed by atoms with Crippen molar-refractivity contribution < 1.29 is 4.79 Å². The van der Waals surface area contributed by atoms with Gasteiger partial charge in [-0.1, -0.05) is 0 Å². The molecule has 1 saturated carbocycles. The summed E-state index contributed by atoms with van der Waals surface area (Å²) >= 11 is 0. The number of pyridine rings is 1. The van der Waals surface area contributed by atoms with E-state index in [4.69, 9.17) is 0 Å². The number of aromatic nitrogens is 1. The van der Waals surface area contributed by atoms with E-state index in [0.717, 1.165) is 32.1 Å². The second-order valence-electron chi connectivity index (χ2n) is 6.60. The minimum absolute atomic E-state index is 0.260. The van der Waals surface area contributed by atoms with E-state index in [1.54, 1.807) is 12.4 Å². The highest BCUT2D eigenvalue weighted by molar-refractivity contribution is 5.82. The summed E-state index contributed by atoms with van der Waals surface area (Å²) in [6.45, 7) is 5.03. The molecule has 1 aromatic rings. The smallest absolute Gasteiger partial charge is 0.227 e. The van der Waals surface area contributed by atoms with Crippen LogP contribution in [0.15, 0.2) is 24.5 Å². The second kappa shape index (κ2) is 4.85. The van der Waals surface area contributed by atoms with Gasteiger partial charge in [-0.15, -0.1) is 0 Å². The maximum atomic E-state index is 12.5. The molecule has 2 saturated heterocycles. The lowest BCUT2D eigenvalue weighted by Crippen LogP contribution is -2.33. The lowest BCUT2D eigenvalue weighted by Gasteiger charge is -2.21. The molecule has 1 aromatic heterocycles. The molecule has 0 N–H and O–H groups in total. The molecule has 3 fully saturated rings. The predicted molar refractivity (Wildman–Crippen MR) is 75.8 cm³/mol. The van der Waals surface area contributed by atoms with Gasteiger partial charge in [-0.3, -0.25) is 9.78 Å². The van der Waals surface area contributed by atoms with Crippen LogP contribution in [-0.4, -0.2) is 46.9 Å². The minimum atomic E-state index is 0.260. The van der Waals surface area contributed by atoms with E-state index in [2.05, 4.69) is 9.88 Å². The number of fused-ring (bicyclic) bond motifs is 1. The lowest BCUT2D eigenvalue weighted by atomic mass is 10.0. The first-order valence-electron chi connectivity index (χ1n) is 7.69. The number of hydrogen-bond acceptors (Lipinski definition) is 3. The van der Waals surface area contributed by atoms with Crippen molar-refractivity contribution in [2.75, 3.05) is 26.2 Å². The van der Waals surface area contributed by atoms with Crippen molar-refractivity contribution in [2.45, 2.75) is 19.4 Å². The average molecular weight is 271 g/mol. The Labute approximate surface area is 119 Å². The molecule has 3 aliphatic rings. The Balaban J connectivity index is 1.38. The summed E-state index contributed by atoms with van der Waals surface area (Å²) in [4.78, 5) is 21.1. The molecule has 106 valence electrons. The molecule has 0 bridgehead atoms. The molecule has 1 amide bonds. The largest absolute Gasteiger partial charge is 0.338 e. The third kappa shape index (κ3) is 2.33. The van der Waals surface area contributed by atoms with Crippen molar-refractivity contribution in [3.63, 3.8) is 0 Å². The molecule has 0 spiro atoms. The van der Waals surface area contributed by atoms with Crippen molar-refractivity contribution >= 4 is 5.91 Å². The van der Waals surface area contributed by atoms with Gasteiger partial charge in [-0.2, -0.15) is 0 Å². The van der Waals surface area contributed by atoms with Gasteiger partial charge in [-0.05, 0) is 36.5 Å². The third-order valence-corrected chi connectivity index (χ3v) is 4.94. The monoisotopic (exact) mass is 271 g/mol. The van der Waals surface area contributed by atoms with E-state index >= 15 is 0 Å². The number of carbonyl (C=O) groups excluding carboxylic acids is 1. The summed E-state index contributed by atoms with van der Waals surface area (Å²) in [7, 11) is 0. The van der Waals surface area contributed by atoms with E-state index < -0.39 is 0 Å². The van der Waals surface area contributed by atoms with E-state index in [1.165, 1.54) is 24.9 Å². The molecule has 20 heavy (non-hydrogen) atoms. The van der Waals surface area contributed by atoms with Gasteiger partial charge in [0, 0.05) is 51.0 Å². The van der Waals surface area contributed by atoms with Crippen LogP contribution in [0.5, 0.6) is 0 Å². The number of rotatable bonds is 4. The summed E-state index contributed by atoms with van der Waals surface area (Å²) in [5.41, 5.74) is 1.18. The Bertz CT molecular complexity index is 500. The van der Waals surface area contributed by atoms with Gasteiger partial charge < -0.3 is 9.80 Å². The number of nitrogens with zero attached hydrogens (tertiary/aromatic N) is 3. The Kier molecular flexibility index (Phi) is 2.99. The van der Waals surface area contributed by atoms with E-state index in [0.29, 0.717) is 11.8 Å². The fourth-order valence-corrected chi connectivity index (χ4v) is 3.70. The molecule has 4 rings (SSSR count). The van der Waals surface area contributed by atoms with Crippen LogP contribution in [0.1, 0.15) is 18.4 Å². The fourth-order valence-electron chi connectivity index (χ4n) is 3.70. The highest BCUT2D eigenvalue weighted by Crippen LogP contribution is 2.36. The number of likely N-dealkylation sites (tertiary alicyclic amines) is 2. The normalized spacial score (nSPS) is 30.0. The molecular formula is C16H21N3O. The zero-order valence-electron chi connectivity index (χ0n) is 11.7. The molecule has 0 aromatic carbocycles. The molecule has 2 aliphatic heterocycles. The van der Waals surface area contributed by atoms with Crippen LogP contribution >= 0.6 is 0 Å². The number of carbonyl (C=O) groups is 1. The highest BCUT2D eigenvalue weighted by Gasteiger charge is 2.46. The van der Waals surface area contributed by atoms with E-state index in [9.17, 15) is 4.79 Å². The van der Waals surface area contributed by atoms with Gasteiger partial charge in [-0.25, -0.2) is 0 Å². The molecular weight excluding hydrogens is 250 g/mol. The van der Waals surface area contributed by atoms with E-state index in [-0.39, 0.29) is 5.92 Å². The van der Waals surface area contributed by atoms with Gasteiger partial charge in [0.15, 0.2) is 0 Å². The van der Waals surface area contributed by atoms with Crippen molar-refractivity contribution in [2.24, 2.45) is 17.8 Å². The molecule has 4 heteroatoms. The van der Waals surface area contributed by atoms with Crippen molar-refractivity contribution in [1.82, 2.24) is 14.8 Å². The summed E-state index contributed by atoms with van der Waals surface area (Å²) in [6, 6.07) is 4.00. The van der Waals surface area contributed by atoms with Crippen molar-refractivity contribution in [3.05, 3.63) is 30.1 Å². The average Bonchev–Trinajstić information content (AvgIpc) is 3.11. The maximum Gasteiger partial charge on any atom is 0.227 e. The maximum absolute atomic E-state index is 12.5. The van der Waals surface area contributed by atoms with Crippen LogP contribution < -0.4 is 0 Å². The highest BCUT2D eigenvalue weighted by atomic mass is 16.2. The van der Waals surface area contributed by atoms with Crippen LogP contribution in [0.2, 0.25) is 0 Å². The first kappa shape index (κ1) is 12.3. The predicted octanol–water partition coefficient (Wildman–Crippen LogP) is 1.38. The summed E-state index contributed by atoms with van der Waals surface area (Å²) in [5, 5.41) is 0. The van der Waals surface area contributed by atoms with E-state index in [1.807, 2.05) is 17.0 Å². The second-order valence-corrected chi connectivity index (χ2v) is 6.60. The molecule has 0 radical (unpaired) electrons. The summed E-state index contributed by atoms with van der Waals surface area (Å²) in [5.74, 6) is 2.11.